The van der Waals surface area contributed by atoms with Crippen LogP contribution in [0, 0.1) is 17.0 Å². The molecule has 0 fully saturated rings. The first kappa shape index (κ1) is 19.7. The van der Waals surface area contributed by atoms with E-state index in [0.29, 0.717) is 11.3 Å². The lowest BCUT2D eigenvalue weighted by Gasteiger charge is -2.09. The summed E-state index contributed by atoms with van der Waals surface area (Å²) >= 11 is 0. The number of hydrazone groups is 1. The molecule has 142 valence electrons. The van der Waals surface area contributed by atoms with Gasteiger partial charge < -0.3 is 14.8 Å². The van der Waals surface area contributed by atoms with E-state index in [4.69, 9.17) is 9.47 Å². The summed E-state index contributed by atoms with van der Waals surface area (Å²) in [5.74, 6) is 0.0328. The Kier molecular flexibility index (Phi) is 6.70. The van der Waals surface area contributed by atoms with Crippen molar-refractivity contribution in [3.63, 3.8) is 0 Å². The van der Waals surface area contributed by atoms with E-state index in [-0.39, 0.29) is 23.9 Å². The van der Waals surface area contributed by atoms with Crippen LogP contribution in [0.1, 0.15) is 11.1 Å². The molecule has 0 unspecified atom stereocenters. The van der Waals surface area contributed by atoms with Gasteiger partial charge in [0.25, 0.3) is 5.91 Å². The molecule has 0 aliphatic heterocycles. The molecule has 9 heteroatoms. The van der Waals surface area contributed by atoms with Crippen molar-refractivity contribution in [3.8, 4) is 11.5 Å². The molecule has 0 spiro atoms. The molecule has 2 N–H and O–H groups in total. The van der Waals surface area contributed by atoms with Crippen LogP contribution in [-0.4, -0.2) is 37.8 Å². The molecule has 2 aromatic rings. The van der Waals surface area contributed by atoms with E-state index >= 15 is 0 Å². The number of methoxy groups -OCH3 is 2. The van der Waals surface area contributed by atoms with Crippen molar-refractivity contribution >= 4 is 23.5 Å². The zero-order valence-corrected chi connectivity index (χ0v) is 15.2. The molecule has 0 bridgehead atoms. The third-order valence-corrected chi connectivity index (χ3v) is 3.71. The molecular formula is C18H20N4O5. The minimum Gasteiger partial charge on any atom is -0.496 e. The molecule has 0 saturated carbocycles. The highest BCUT2D eigenvalue weighted by atomic mass is 16.6. The number of carbonyl (C=O) groups is 1. The Bertz CT molecular complexity index is 867. The van der Waals surface area contributed by atoms with Crippen LogP contribution in [0.5, 0.6) is 11.5 Å². The summed E-state index contributed by atoms with van der Waals surface area (Å²) in [7, 11) is 2.75. The van der Waals surface area contributed by atoms with E-state index in [0.717, 1.165) is 11.3 Å². The summed E-state index contributed by atoms with van der Waals surface area (Å²) in [4.78, 5) is 22.5. The predicted octanol–water partition coefficient (Wildman–Crippen LogP) is 2.48. The fraction of sp³-hybridized carbons (Fsp3) is 0.222. The summed E-state index contributed by atoms with van der Waals surface area (Å²) < 4.78 is 10.2. The first-order valence-corrected chi connectivity index (χ1v) is 7.98. The number of para-hydroxylation sites is 1. The number of amides is 1. The highest BCUT2D eigenvalue weighted by Gasteiger charge is 2.18. The van der Waals surface area contributed by atoms with Crippen LogP contribution in [-0.2, 0) is 4.79 Å². The molecule has 0 saturated heterocycles. The molecular weight excluding hydrogens is 352 g/mol. The number of nitro benzene ring substituents is 1. The molecule has 2 rings (SSSR count). The lowest BCUT2D eigenvalue weighted by atomic mass is 10.1. The smallest absolute Gasteiger partial charge is 0.311 e. The van der Waals surface area contributed by atoms with Crippen molar-refractivity contribution in [1.29, 1.82) is 0 Å². The lowest BCUT2D eigenvalue weighted by molar-refractivity contribution is -0.385. The van der Waals surface area contributed by atoms with E-state index in [9.17, 15) is 14.9 Å². The molecule has 27 heavy (non-hydrogen) atoms. The number of anilines is 1. The average molecular weight is 372 g/mol. The molecule has 0 atom stereocenters. The van der Waals surface area contributed by atoms with Gasteiger partial charge in [-0.15, -0.1) is 0 Å². The minimum atomic E-state index is -0.569. The third kappa shape index (κ3) is 5.18. The van der Waals surface area contributed by atoms with Crippen LogP contribution in [0.15, 0.2) is 41.5 Å². The summed E-state index contributed by atoms with van der Waals surface area (Å²) in [5.41, 5.74) is 4.33. The normalized spacial score (nSPS) is 10.5. The van der Waals surface area contributed by atoms with Gasteiger partial charge in [0.05, 0.1) is 31.9 Å². The van der Waals surface area contributed by atoms with Gasteiger partial charge in [-0.1, -0.05) is 18.2 Å². The topological polar surface area (TPSA) is 115 Å². The Labute approximate surface area is 156 Å². The average Bonchev–Trinajstić information content (AvgIpc) is 2.66. The maximum absolute atomic E-state index is 11.9. The molecule has 0 heterocycles. The number of nitrogens with one attached hydrogen (secondary N) is 2. The van der Waals surface area contributed by atoms with Crippen LogP contribution < -0.4 is 20.2 Å². The standard InChI is InChI=1S/C18H20N4O5/c1-12-6-4-5-7-14(12)19-11-18(23)21-20-10-13-8-15(22(24)25)17(27-3)9-16(13)26-2/h4-10,19H,11H2,1-3H3,(H,21,23)/b20-10+. The monoisotopic (exact) mass is 372 g/mol. The van der Waals surface area contributed by atoms with E-state index in [1.807, 2.05) is 31.2 Å². The van der Waals surface area contributed by atoms with Gasteiger partial charge in [0, 0.05) is 23.4 Å². The van der Waals surface area contributed by atoms with Crippen molar-refractivity contribution in [3.05, 3.63) is 57.6 Å². The fourth-order valence-corrected chi connectivity index (χ4v) is 2.31. The van der Waals surface area contributed by atoms with Crippen molar-refractivity contribution in [2.75, 3.05) is 26.1 Å². The highest BCUT2D eigenvalue weighted by molar-refractivity contribution is 5.87. The zero-order chi connectivity index (χ0) is 19.8. The number of rotatable bonds is 8. The maximum Gasteiger partial charge on any atom is 0.311 e. The zero-order valence-electron chi connectivity index (χ0n) is 15.2. The summed E-state index contributed by atoms with van der Waals surface area (Å²) in [5, 5.41) is 18.0. The highest BCUT2D eigenvalue weighted by Crippen LogP contribution is 2.33. The van der Waals surface area contributed by atoms with Crippen molar-refractivity contribution < 1.29 is 19.2 Å². The molecule has 0 aliphatic carbocycles. The molecule has 2 aromatic carbocycles. The molecule has 0 aliphatic rings. The first-order valence-electron chi connectivity index (χ1n) is 7.98. The number of ether oxygens (including phenoxy) is 2. The van der Waals surface area contributed by atoms with Gasteiger partial charge >= 0.3 is 5.69 Å². The maximum atomic E-state index is 11.9. The summed E-state index contributed by atoms with van der Waals surface area (Å²) in [6.07, 6.45) is 1.27. The number of hydrogen-bond donors (Lipinski definition) is 2. The third-order valence-electron chi connectivity index (χ3n) is 3.71. The Balaban J connectivity index is 2.04. The quantitative estimate of drug-likeness (QED) is 0.418. The van der Waals surface area contributed by atoms with Crippen LogP contribution >= 0.6 is 0 Å². The van der Waals surface area contributed by atoms with Gasteiger partial charge in [-0.05, 0) is 18.6 Å². The van der Waals surface area contributed by atoms with Gasteiger partial charge in [-0.3, -0.25) is 14.9 Å². The van der Waals surface area contributed by atoms with Crippen molar-refractivity contribution in [2.45, 2.75) is 6.92 Å². The molecule has 1 amide bonds. The van der Waals surface area contributed by atoms with Crippen molar-refractivity contribution in [1.82, 2.24) is 5.43 Å². The van der Waals surface area contributed by atoms with Gasteiger partial charge in [-0.25, -0.2) is 5.43 Å². The van der Waals surface area contributed by atoms with Gasteiger partial charge in [0.1, 0.15) is 5.75 Å². The predicted molar refractivity (Wildman–Crippen MR) is 102 cm³/mol. The number of hydrogen-bond acceptors (Lipinski definition) is 7. The Morgan fingerprint density at radius 3 is 2.56 bits per heavy atom. The Morgan fingerprint density at radius 2 is 1.93 bits per heavy atom. The summed E-state index contributed by atoms with van der Waals surface area (Å²) in [6, 6.07) is 10.2. The van der Waals surface area contributed by atoms with E-state index in [1.165, 1.54) is 32.6 Å². The molecule has 0 aromatic heterocycles. The van der Waals surface area contributed by atoms with Gasteiger partial charge in [0.2, 0.25) is 5.75 Å². The second-order valence-electron chi connectivity index (χ2n) is 5.48. The lowest BCUT2D eigenvalue weighted by Crippen LogP contribution is -2.26. The molecule has 0 radical (unpaired) electrons. The summed E-state index contributed by atoms with van der Waals surface area (Å²) in [6.45, 7) is 1.96. The number of benzene rings is 2. The van der Waals surface area contributed by atoms with Crippen LogP contribution in [0.2, 0.25) is 0 Å². The van der Waals surface area contributed by atoms with E-state index < -0.39 is 4.92 Å². The second kappa shape index (κ2) is 9.18. The second-order valence-corrected chi connectivity index (χ2v) is 5.48. The van der Waals surface area contributed by atoms with Gasteiger partial charge in [0.15, 0.2) is 0 Å². The van der Waals surface area contributed by atoms with Crippen LogP contribution in [0.25, 0.3) is 0 Å². The molecule has 9 nitrogen and oxygen atoms in total. The van der Waals surface area contributed by atoms with Crippen LogP contribution in [0.3, 0.4) is 0 Å². The number of nitro groups is 1. The van der Waals surface area contributed by atoms with E-state index in [2.05, 4.69) is 15.8 Å². The fourth-order valence-electron chi connectivity index (χ4n) is 2.31. The van der Waals surface area contributed by atoms with Gasteiger partial charge in [-0.2, -0.15) is 5.10 Å². The Hall–Kier alpha value is -3.62. The number of aryl methyl sites for hydroxylation is 1. The largest absolute Gasteiger partial charge is 0.496 e. The number of nitrogens with zero attached hydrogens (tertiary/aromatic N) is 2. The minimum absolute atomic E-state index is 0.0298. The number of carbonyl (C=O) groups excluding carboxylic acids is 1. The first-order chi connectivity index (χ1) is 13.0. The van der Waals surface area contributed by atoms with E-state index in [1.54, 1.807) is 0 Å². The van der Waals surface area contributed by atoms with Crippen molar-refractivity contribution in [2.24, 2.45) is 5.10 Å². The van der Waals surface area contributed by atoms with Crippen LogP contribution in [0.4, 0.5) is 11.4 Å². The Morgan fingerprint density at radius 1 is 1.22 bits per heavy atom. The SMILES string of the molecule is COc1cc(OC)c([N+](=O)[O-])cc1/C=N/NC(=O)CNc1ccccc1C.